The maximum atomic E-state index is 12.5. The number of fused-ring (bicyclic) bond motifs is 1. The second-order valence-corrected chi connectivity index (χ2v) is 13.1. The number of anilines is 1. The topological polar surface area (TPSA) is 143 Å². The van der Waals surface area contributed by atoms with Crippen molar-refractivity contribution >= 4 is 39.4 Å². The van der Waals surface area contributed by atoms with Crippen LogP contribution in [0.3, 0.4) is 0 Å². The summed E-state index contributed by atoms with van der Waals surface area (Å²) in [5.41, 5.74) is 0.950. The molecule has 12 heteroatoms. The molecule has 0 fully saturated rings. The Morgan fingerprint density at radius 3 is 2.29 bits per heavy atom. The number of amides is 3. The van der Waals surface area contributed by atoms with E-state index in [4.69, 9.17) is 4.74 Å². The number of rotatable bonds is 9. The molecule has 3 amide bonds. The van der Waals surface area contributed by atoms with E-state index in [1.165, 1.54) is 23.3 Å². The van der Waals surface area contributed by atoms with Crippen molar-refractivity contribution in [3.63, 3.8) is 0 Å². The Bertz CT molecular complexity index is 1280. The molecule has 0 saturated heterocycles. The number of thiol groups is 1. The number of non-ortho nitro benzene ring substituents is 1. The molecule has 38 heavy (non-hydrogen) atoms. The van der Waals surface area contributed by atoms with Gasteiger partial charge in [-0.15, -0.1) is 0 Å². The summed E-state index contributed by atoms with van der Waals surface area (Å²) in [4.78, 5) is 51.2. The van der Waals surface area contributed by atoms with Crippen LogP contribution in [0.5, 0.6) is 0 Å². The normalized spacial score (nSPS) is 13.8. The Balaban J connectivity index is 1.65. The Kier molecular flexibility index (Phi) is 8.68. The summed E-state index contributed by atoms with van der Waals surface area (Å²) >= 11 is 0. The molecule has 3 rings (SSSR count). The van der Waals surface area contributed by atoms with Crippen molar-refractivity contribution in [3.8, 4) is 0 Å². The van der Waals surface area contributed by atoms with Crippen molar-refractivity contribution in [2.75, 3.05) is 31.3 Å². The zero-order valence-corrected chi connectivity index (χ0v) is 23.1. The van der Waals surface area contributed by atoms with Crippen LogP contribution in [0, 0.1) is 10.1 Å². The Morgan fingerprint density at radius 2 is 1.74 bits per heavy atom. The molecule has 206 valence electrons. The van der Waals surface area contributed by atoms with E-state index >= 15 is 0 Å². The number of nitro benzene ring substituents is 1. The number of hydrogen-bond acceptors (Lipinski definition) is 7. The predicted octanol–water partition coefficient (Wildman–Crippen LogP) is 4.72. The standard InChI is InChI=1S/C26H34N4O7S/c1-26(2,3)37-25(33)27-38(5,36)17-18-14-19(16-20(15-18)30(34)35)28(4)12-8-9-13-29-23(31)21-10-6-7-11-22(21)24(29)32/h6-7,10-11,14-16,38H,8-9,12-13,17H2,1-5H3,(H,27,33,36). The monoisotopic (exact) mass is 546 g/mol. The summed E-state index contributed by atoms with van der Waals surface area (Å²) in [6, 6.07) is 11.2. The van der Waals surface area contributed by atoms with E-state index in [1.54, 1.807) is 58.2 Å². The van der Waals surface area contributed by atoms with Gasteiger partial charge in [0.25, 0.3) is 17.5 Å². The van der Waals surface area contributed by atoms with E-state index in [0.717, 1.165) is 0 Å². The Morgan fingerprint density at radius 1 is 1.13 bits per heavy atom. The van der Waals surface area contributed by atoms with Gasteiger partial charge in [-0.25, -0.2) is 4.79 Å². The second kappa shape index (κ2) is 11.4. The second-order valence-electron chi connectivity index (χ2n) is 10.4. The van der Waals surface area contributed by atoms with Crippen LogP contribution in [-0.4, -0.2) is 64.3 Å². The van der Waals surface area contributed by atoms with E-state index < -0.39 is 26.7 Å². The number of carbonyl (C=O) groups excluding carboxylic acids is 3. The Hall–Kier alpha value is -3.64. The highest BCUT2D eigenvalue weighted by atomic mass is 32.3. The van der Waals surface area contributed by atoms with Crippen molar-refractivity contribution in [3.05, 3.63) is 69.3 Å². The maximum Gasteiger partial charge on any atom is 0.440 e. The first-order valence-electron chi connectivity index (χ1n) is 12.2. The lowest BCUT2D eigenvalue weighted by Crippen LogP contribution is -2.31. The van der Waals surface area contributed by atoms with Crippen LogP contribution in [0.1, 0.15) is 59.9 Å². The van der Waals surface area contributed by atoms with Crippen LogP contribution in [0.2, 0.25) is 0 Å². The zero-order chi connectivity index (χ0) is 28.3. The van der Waals surface area contributed by atoms with Crippen molar-refractivity contribution < 1.29 is 28.6 Å². The molecule has 1 aliphatic heterocycles. The fourth-order valence-corrected chi connectivity index (χ4v) is 5.44. The average molecular weight is 547 g/mol. The summed E-state index contributed by atoms with van der Waals surface area (Å²) in [6.45, 7) is 5.86. The molecule has 0 atom stereocenters. The third kappa shape index (κ3) is 7.45. The zero-order valence-electron chi connectivity index (χ0n) is 22.2. The minimum Gasteiger partial charge on any atom is -0.442 e. The first-order valence-corrected chi connectivity index (χ1v) is 14.5. The van der Waals surface area contributed by atoms with Gasteiger partial charge >= 0.3 is 6.09 Å². The van der Waals surface area contributed by atoms with Gasteiger partial charge in [-0.1, -0.05) is 22.2 Å². The summed E-state index contributed by atoms with van der Waals surface area (Å²) in [5, 5.41) is 11.6. The van der Waals surface area contributed by atoms with Crippen molar-refractivity contribution in [1.82, 2.24) is 4.90 Å². The lowest BCUT2D eigenvalue weighted by molar-refractivity contribution is -0.384. The minimum absolute atomic E-state index is 0.0332. The number of unbranched alkanes of at least 4 members (excludes halogenated alkanes) is 1. The van der Waals surface area contributed by atoms with Crippen LogP contribution in [0.15, 0.2) is 46.8 Å². The van der Waals surface area contributed by atoms with Crippen molar-refractivity contribution in [2.24, 2.45) is 4.36 Å². The molecular formula is C26H34N4O7S. The predicted molar refractivity (Wildman–Crippen MR) is 147 cm³/mol. The highest BCUT2D eigenvalue weighted by Gasteiger charge is 2.34. The smallest absolute Gasteiger partial charge is 0.440 e. The third-order valence-electron chi connectivity index (χ3n) is 5.79. The lowest BCUT2D eigenvalue weighted by atomic mass is 10.1. The molecular weight excluding hydrogens is 512 g/mol. The van der Waals surface area contributed by atoms with Gasteiger partial charge in [0.1, 0.15) is 5.60 Å². The first kappa shape index (κ1) is 28.9. The molecule has 1 aliphatic rings. The highest BCUT2D eigenvalue weighted by molar-refractivity contribution is 7.98. The number of nitro groups is 1. The highest BCUT2D eigenvalue weighted by Crippen LogP contribution is 2.27. The number of ether oxygens (including phenoxy) is 1. The van der Waals surface area contributed by atoms with Gasteiger partial charge in [0, 0.05) is 43.7 Å². The molecule has 11 nitrogen and oxygen atoms in total. The van der Waals surface area contributed by atoms with E-state index in [9.17, 15) is 29.1 Å². The SMILES string of the molecule is CN(CCCCN1C(=O)c2ccccc2C1=O)c1cc(C[SH](C)(O)=NC(=O)OC(C)(C)C)cc([N+](=O)[O-])c1. The van der Waals surface area contributed by atoms with E-state index in [0.29, 0.717) is 41.8 Å². The number of imide groups is 1. The van der Waals surface area contributed by atoms with Crippen molar-refractivity contribution in [2.45, 2.75) is 45.0 Å². The van der Waals surface area contributed by atoms with E-state index in [-0.39, 0.29) is 29.8 Å². The number of benzene rings is 2. The van der Waals surface area contributed by atoms with Gasteiger partial charge in [0.05, 0.1) is 16.1 Å². The third-order valence-corrected chi connectivity index (χ3v) is 7.35. The van der Waals surface area contributed by atoms with Crippen LogP contribution in [-0.2, 0) is 20.6 Å². The van der Waals surface area contributed by atoms with Gasteiger partial charge < -0.3 is 14.2 Å². The maximum absolute atomic E-state index is 12.5. The average Bonchev–Trinajstić information content (AvgIpc) is 3.04. The summed E-state index contributed by atoms with van der Waals surface area (Å²) in [5.74, 6) is -0.627. The minimum atomic E-state index is -3.14. The van der Waals surface area contributed by atoms with Gasteiger partial charge in [-0.3, -0.25) is 24.6 Å². The van der Waals surface area contributed by atoms with Gasteiger partial charge in [0.15, 0.2) is 0 Å². The Labute approximate surface area is 222 Å². The number of hydrogen-bond donors (Lipinski definition) is 2. The van der Waals surface area contributed by atoms with Crippen LogP contribution in [0.4, 0.5) is 16.2 Å². The summed E-state index contributed by atoms with van der Waals surface area (Å²) in [7, 11) is -1.36. The van der Waals surface area contributed by atoms with E-state index in [1.807, 2.05) is 4.90 Å². The van der Waals surface area contributed by atoms with Crippen LogP contribution < -0.4 is 4.90 Å². The number of carbonyl (C=O) groups is 3. The molecule has 0 unspecified atom stereocenters. The fourth-order valence-electron chi connectivity index (χ4n) is 4.10. The van der Waals surface area contributed by atoms with Gasteiger partial charge in [-0.2, -0.15) is 4.36 Å². The molecule has 0 spiro atoms. The van der Waals surface area contributed by atoms with Crippen molar-refractivity contribution in [1.29, 1.82) is 0 Å². The lowest BCUT2D eigenvalue weighted by Gasteiger charge is -2.23. The first-order chi connectivity index (χ1) is 17.7. The largest absolute Gasteiger partial charge is 0.442 e. The summed E-state index contributed by atoms with van der Waals surface area (Å²) < 4.78 is 19.8. The van der Waals surface area contributed by atoms with Gasteiger partial charge in [-0.05, 0) is 63.6 Å². The van der Waals surface area contributed by atoms with Crippen LogP contribution >= 0.6 is 0 Å². The molecule has 2 aromatic carbocycles. The molecule has 0 radical (unpaired) electrons. The molecule has 0 saturated carbocycles. The van der Waals surface area contributed by atoms with Gasteiger partial charge in [0.2, 0.25) is 0 Å². The molecule has 1 N–H and O–H groups in total. The molecule has 1 heterocycles. The number of nitrogens with zero attached hydrogens (tertiary/aromatic N) is 4. The van der Waals surface area contributed by atoms with E-state index in [2.05, 4.69) is 4.36 Å². The molecule has 2 aromatic rings. The fraction of sp³-hybridized carbons (Fsp3) is 0.423. The van der Waals surface area contributed by atoms with Crippen LogP contribution in [0.25, 0.3) is 0 Å². The molecule has 0 aromatic heterocycles. The molecule has 0 bridgehead atoms. The summed E-state index contributed by atoms with van der Waals surface area (Å²) in [6.07, 6.45) is 1.75. The molecule has 0 aliphatic carbocycles. The quantitative estimate of drug-likeness (QED) is 0.151.